The number of halogens is 3. The molecule has 27 heavy (non-hydrogen) atoms. The average Bonchev–Trinajstić information content (AvgIpc) is 2.87. The molecule has 1 unspecified atom stereocenters. The minimum absolute atomic E-state index is 0.165. The standard InChI is InChI=1S/C18H17F3N4O2/c1-9-8-13(14-15(22-9)25(3)24-17(14)27)16(26)23-10(2)11-4-6-12(7-5-11)18(19,20)21/h4-8,10H,1-3H3,(H,23,26)(H,24,27). The molecule has 6 nitrogen and oxygen atoms in total. The number of alkyl halides is 3. The molecule has 3 aromatic rings. The molecule has 1 atom stereocenters. The van der Waals surface area contributed by atoms with Crippen LogP contribution < -0.4 is 10.9 Å². The van der Waals surface area contributed by atoms with Gasteiger partial charge < -0.3 is 5.32 Å². The lowest BCUT2D eigenvalue weighted by Gasteiger charge is -2.16. The fourth-order valence-electron chi connectivity index (χ4n) is 2.88. The number of rotatable bonds is 3. The number of aryl methyl sites for hydroxylation is 2. The Kier molecular flexibility index (Phi) is 4.54. The van der Waals surface area contributed by atoms with Crippen molar-refractivity contribution in [2.75, 3.05) is 0 Å². The van der Waals surface area contributed by atoms with Crippen LogP contribution >= 0.6 is 0 Å². The van der Waals surface area contributed by atoms with Gasteiger partial charge in [-0.2, -0.15) is 13.2 Å². The maximum absolute atomic E-state index is 12.7. The monoisotopic (exact) mass is 378 g/mol. The van der Waals surface area contributed by atoms with E-state index in [0.29, 0.717) is 16.9 Å². The summed E-state index contributed by atoms with van der Waals surface area (Å²) < 4.78 is 39.4. The molecule has 0 radical (unpaired) electrons. The molecule has 3 rings (SSSR count). The minimum Gasteiger partial charge on any atom is -0.345 e. The molecule has 0 saturated carbocycles. The lowest BCUT2D eigenvalue weighted by Crippen LogP contribution is -2.27. The van der Waals surface area contributed by atoms with Gasteiger partial charge in [-0.25, -0.2) is 4.98 Å². The normalized spacial score (nSPS) is 13.0. The van der Waals surface area contributed by atoms with Crippen LogP contribution in [0.3, 0.4) is 0 Å². The summed E-state index contributed by atoms with van der Waals surface area (Å²) in [6.45, 7) is 3.36. The molecule has 0 spiro atoms. The zero-order valence-corrected chi connectivity index (χ0v) is 14.8. The maximum Gasteiger partial charge on any atom is 0.416 e. The van der Waals surface area contributed by atoms with Crippen molar-refractivity contribution >= 4 is 16.9 Å². The molecule has 2 heterocycles. The van der Waals surface area contributed by atoms with E-state index in [1.165, 1.54) is 22.9 Å². The molecule has 0 saturated heterocycles. The van der Waals surface area contributed by atoms with Gasteiger partial charge in [-0.05, 0) is 37.6 Å². The average molecular weight is 378 g/mol. The number of amides is 1. The van der Waals surface area contributed by atoms with Gasteiger partial charge in [0.25, 0.3) is 11.5 Å². The van der Waals surface area contributed by atoms with E-state index in [2.05, 4.69) is 15.4 Å². The predicted octanol–water partition coefficient (Wildman–Crippen LogP) is 3.08. The molecular weight excluding hydrogens is 361 g/mol. The zero-order valence-electron chi connectivity index (χ0n) is 14.8. The van der Waals surface area contributed by atoms with Crippen molar-refractivity contribution in [3.05, 3.63) is 63.1 Å². The molecule has 0 bridgehead atoms. The minimum atomic E-state index is -4.42. The molecule has 9 heteroatoms. The van der Waals surface area contributed by atoms with E-state index < -0.39 is 29.2 Å². The molecule has 2 N–H and O–H groups in total. The van der Waals surface area contributed by atoms with Crippen molar-refractivity contribution in [1.82, 2.24) is 20.1 Å². The molecule has 1 aromatic carbocycles. The Morgan fingerprint density at radius 3 is 2.48 bits per heavy atom. The summed E-state index contributed by atoms with van der Waals surface area (Å²) in [5, 5.41) is 5.44. The Bertz CT molecular complexity index is 1070. The van der Waals surface area contributed by atoms with Crippen molar-refractivity contribution in [3.8, 4) is 0 Å². The van der Waals surface area contributed by atoms with E-state index in [1.807, 2.05) is 0 Å². The Morgan fingerprint density at radius 2 is 1.89 bits per heavy atom. The van der Waals surface area contributed by atoms with Gasteiger partial charge in [0.15, 0.2) is 5.65 Å². The number of carbonyl (C=O) groups is 1. The topological polar surface area (TPSA) is 79.8 Å². The van der Waals surface area contributed by atoms with Crippen LogP contribution in [0.2, 0.25) is 0 Å². The van der Waals surface area contributed by atoms with E-state index >= 15 is 0 Å². The Labute approximate surface area is 152 Å². The van der Waals surface area contributed by atoms with E-state index in [0.717, 1.165) is 12.1 Å². The van der Waals surface area contributed by atoms with Gasteiger partial charge in [0.2, 0.25) is 0 Å². The summed E-state index contributed by atoms with van der Waals surface area (Å²) >= 11 is 0. The highest BCUT2D eigenvalue weighted by Crippen LogP contribution is 2.30. The van der Waals surface area contributed by atoms with Crippen LogP contribution in [-0.4, -0.2) is 20.7 Å². The largest absolute Gasteiger partial charge is 0.416 e. The second-order valence-corrected chi connectivity index (χ2v) is 6.32. The number of nitrogens with zero attached hydrogens (tertiary/aromatic N) is 2. The van der Waals surface area contributed by atoms with Crippen LogP contribution in [-0.2, 0) is 13.2 Å². The molecular formula is C18H17F3N4O2. The fourth-order valence-corrected chi connectivity index (χ4v) is 2.88. The van der Waals surface area contributed by atoms with Crippen LogP contribution in [0.15, 0.2) is 35.1 Å². The summed E-state index contributed by atoms with van der Waals surface area (Å²) in [6.07, 6.45) is -4.42. The first-order chi connectivity index (χ1) is 12.6. The molecule has 0 aliphatic rings. The van der Waals surface area contributed by atoms with Crippen LogP contribution in [0.25, 0.3) is 11.0 Å². The second-order valence-electron chi connectivity index (χ2n) is 6.32. The van der Waals surface area contributed by atoms with Crippen molar-refractivity contribution < 1.29 is 18.0 Å². The van der Waals surface area contributed by atoms with Gasteiger partial charge in [0, 0.05) is 12.7 Å². The first-order valence-electron chi connectivity index (χ1n) is 8.12. The van der Waals surface area contributed by atoms with Crippen LogP contribution in [0.5, 0.6) is 0 Å². The van der Waals surface area contributed by atoms with Gasteiger partial charge in [-0.3, -0.25) is 19.4 Å². The van der Waals surface area contributed by atoms with Gasteiger partial charge in [0.05, 0.1) is 22.6 Å². The van der Waals surface area contributed by atoms with Crippen molar-refractivity contribution in [3.63, 3.8) is 0 Å². The number of nitrogens with one attached hydrogen (secondary N) is 2. The summed E-state index contributed by atoms with van der Waals surface area (Å²) in [5.74, 6) is -0.505. The summed E-state index contributed by atoms with van der Waals surface area (Å²) in [7, 11) is 1.61. The Hall–Kier alpha value is -3.10. The third kappa shape index (κ3) is 3.57. The summed E-state index contributed by atoms with van der Waals surface area (Å²) in [4.78, 5) is 29.1. The van der Waals surface area contributed by atoms with Crippen LogP contribution in [0.1, 0.15) is 40.1 Å². The first-order valence-corrected chi connectivity index (χ1v) is 8.12. The van der Waals surface area contributed by atoms with E-state index in [-0.39, 0.29) is 10.9 Å². The van der Waals surface area contributed by atoms with Crippen LogP contribution in [0, 0.1) is 6.92 Å². The van der Waals surface area contributed by atoms with Crippen molar-refractivity contribution in [2.24, 2.45) is 7.05 Å². The molecule has 0 aliphatic carbocycles. The number of benzene rings is 1. The van der Waals surface area contributed by atoms with Gasteiger partial charge in [-0.15, -0.1) is 0 Å². The number of H-pyrrole nitrogens is 1. The van der Waals surface area contributed by atoms with Gasteiger partial charge >= 0.3 is 6.18 Å². The van der Waals surface area contributed by atoms with E-state index in [9.17, 15) is 22.8 Å². The second kappa shape index (κ2) is 6.57. The maximum atomic E-state index is 12.7. The van der Waals surface area contributed by atoms with Crippen LogP contribution in [0.4, 0.5) is 13.2 Å². The third-order valence-corrected chi connectivity index (χ3v) is 4.27. The number of hydrogen-bond donors (Lipinski definition) is 2. The lowest BCUT2D eigenvalue weighted by atomic mass is 10.0. The quantitative estimate of drug-likeness (QED) is 0.735. The summed E-state index contributed by atoms with van der Waals surface area (Å²) in [5.41, 5.74) is 0.398. The molecule has 0 aliphatic heterocycles. The van der Waals surface area contributed by atoms with Gasteiger partial charge in [-0.1, -0.05) is 12.1 Å². The van der Waals surface area contributed by atoms with Gasteiger partial charge in [0.1, 0.15) is 0 Å². The third-order valence-electron chi connectivity index (χ3n) is 4.27. The smallest absolute Gasteiger partial charge is 0.345 e. The summed E-state index contributed by atoms with van der Waals surface area (Å²) in [6, 6.07) is 5.52. The van der Waals surface area contributed by atoms with Crippen molar-refractivity contribution in [2.45, 2.75) is 26.1 Å². The molecule has 0 fully saturated rings. The number of hydrogen-bond acceptors (Lipinski definition) is 3. The number of fused-ring (bicyclic) bond motifs is 1. The lowest BCUT2D eigenvalue weighted by molar-refractivity contribution is -0.137. The number of aromatic nitrogens is 3. The molecule has 1 amide bonds. The number of pyridine rings is 1. The van der Waals surface area contributed by atoms with E-state index in [4.69, 9.17) is 0 Å². The Morgan fingerprint density at radius 1 is 1.26 bits per heavy atom. The fraction of sp³-hybridized carbons (Fsp3) is 0.278. The number of carbonyl (C=O) groups excluding carboxylic acids is 1. The number of aromatic amines is 1. The van der Waals surface area contributed by atoms with Crippen molar-refractivity contribution in [1.29, 1.82) is 0 Å². The SMILES string of the molecule is Cc1cc(C(=O)NC(C)c2ccc(C(F)(F)F)cc2)c2c(=O)[nH]n(C)c2n1. The molecule has 2 aromatic heterocycles. The van der Waals surface area contributed by atoms with E-state index in [1.54, 1.807) is 20.9 Å². The first kappa shape index (κ1) is 18.7. The highest BCUT2D eigenvalue weighted by atomic mass is 19.4. The predicted molar refractivity (Wildman–Crippen MR) is 93.4 cm³/mol. The highest BCUT2D eigenvalue weighted by Gasteiger charge is 2.30. The molecule has 142 valence electrons. The zero-order chi connectivity index (χ0) is 19.9. The highest BCUT2D eigenvalue weighted by molar-refractivity contribution is 6.05. The Balaban J connectivity index is 1.89.